The largest absolute Gasteiger partial charge is 0.341 e. The van der Waals surface area contributed by atoms with Crippen molar-refractivity contribution in [2.75, 3.05) is 5.32 Å². The second-order valence-electron chi connectivity index (χ2n) is 3.29. The van der Waals surface area contributed by atoms with Crippen molar-refractivity contribution >= 4 is 21.4 Å². The smallest absolute Gasteiger partial charge is 0.321 e. The van der Waals surface area contributed by atoms with E-state index in [-0.39, 0.29) is 5.69 Å². The second kappa shape index (κ2) is 5.72. The van der Waals surface area contributed by atoms with Crippen LogP contribution >= 0.6 is 0 Å². The third kappa shape index (κ3) is 3.13. The van der Waals surface area contributed by atoms with E-state index < -0.39 is 26.4 Å². The van der Waals surface area contributed by atoms with Crippen molar-refractivity contribution in [3.8, 4) is 0 Å². The molecule has 0 fully saturated rings. The van der Waals surface area contributed by atoms with Crippen molar-refractivity contribution in [3.63, 3.8) is 0 Å². The van der Waals surface area contributed by atoms with Gasteiger partial charge in [0.15, 0.2) is 0 Å². The van der Waals surface area contributed by atoms with Gasteiger partial charge in [-0.05, 0) is 25.1 Å². The highest BCUT2D eigenvalue weighted by molar-refractivity contribution is 7.91. The van der Waals surface area contributed by atoms with Crippen molar-refractivity contribution in [2.45, 2.75) is 17.6 Å². The van der Waals surface area contributed by atoms with Gasteiger partial charge in [0.1, 0.15) is 0 Å². The van der Waals surface area contributed by atoms with Crippen LogP contribution in [0.1, 0.15) is 6.92 Å². The van der Waals surface area contributed by atoms with E-state index in [1.54, 1.807) is 6.92 Å². The van der Waals surface area contributed by atoms with Crippen LogP contribution in [0.3, 0.4) is 0 Å². The molecule has 0 aliphatic heterocycles. The van der Waals surface area contributed by atoms with Crippen LogP contribution in [0.5, 0.6) is 0 Å². The first-order valence-corrected chi connectivity index (χ1v) is 6.49. The quantitative estimate of drug-likeness (QED) is 0.857. The van der Waals surface area contributed by atoms with E-state index in [0.29, 0.717) is 0 Å². The fraction of sp³-hybridized carbons (Fsp3) is 0.182. The number of halogens is 2. The molecule has 0 aliphatic carbocycles. The summed E-state index contributed by atoms with van der Waals surface area (Å²) in [6.07, 6.45) is 2.60. The van der Waals surface area contributed by atoms with E-state index >= 15 is 0 Å². The Morgan fingerprint density at radius 3 is 2.50 bits per heavy atom. The highest BCUT2D eigenvalue weighted by atomic mass is 32.2. The lowest BCUT2D eigenvalue weighted by atomic mass is 10.3. The van der Waals surface area contributed by atoms with Crippen LogP contribution in [0.2, 0.25) is 0 Å². The summed E-state index contributed by atoms with van der Waals surface area (Å²) >= 11 is 0. The van der Waals surface area contributed by atoms with E-state index in [1.165, 1.54) is 24.3 Å². The van der Waals surface area contributed by atoms with Crippen molar-refractivity contribution in [1.29, 1.82) is 0 Å². The number of anilines is 1. The molecule has 0 saturated carbocycles. The molecule has 1 aromatic carbocycles. The number of alkyl halides is 2. The molecule has 4 nitrogen and oxygen atoms in total. The normalized spacial score (nSPS) is 12.0. The summed E-state index contributed by atoms with van der Waals surface area (Å²) in [4.78, 5) is 10.7. The van der Waals surface area contributed by atoms with Gasteiger partial charge in [-0.15, -0.1) is 0 Å². The van der Waals surface area contributed by atoms with Crippen LogP contribution < -0.4 is 5.32 Å². The Morgan fingerprint density at radius 1 is 1.33 bits per heavy atom. The number of para-hydroxylation sites is 1. The van der Waals surface area contributed by atoms with E-state index in [1.807, 2.05) is 0 Å². The van der Waals surface area contributed by atoms with E-state index in [0.717, 1.165) is 12.1 Å². The number of nitrogens with one attached hydrogen (secondary N) is 1. The minimum absolute atomic E-state index is 0.166. The number of hydrogen-bond donors (Lipinski definition) is 1. The highest BCUT2D eigenvalue weighted by Crippen LogP contribution is 2.25. The summed E-state index contributed by atoms with van der Waals surface area (Å²) in [7, 11) is -4.74. The Labute approximate surface area is 103 Å². The van der Waals surface area contributed by atoms with Gasteiger partial charge in [0, 0.05) is 0 Å². The average Bonchev–Trinajstić information content (AvgIpc) is 2.29. The molecule has 18 heavy (non-hydrogen) atoms. The maximum absolute atomic E-state index is 12.4. The van der Waals surface area contributed by atoms with Gasteiger partial charge in [0.2, 0.25) is 15.7 Å². The minimum atomic E-state index is -4.74. The first-order valence-electron chi connectivity index (χ1n) is 4.94. The number of benzene rings is 1. The predicted octanol–water partition coefficient (Wildman–Crippen LogP) is 2.20. The van der Waals surface area contributed by atoms with Crippen molar-refractivity contribution in [3.05, 3.63) is 36.4 Å². The monoisotopic (exact) mass is 275 g/mol. The zero-order valence-electron chi connectivity index (χ0n) is 9.43. The van der Waals surface area contributed by atoms with Gasteiger partial charge in [-0.25, -0.2) is 8.42 Å². The molecule has 1 rings (SSSR count). The molecular weight excluding hydrogens is 264 g/mol. The molecule has 0 aromatic heterocycles. The maximum Gasteiger partial charge on any atom is 0.341 e. The van der Waals surface area contributed by atoms with Crippen molar-refractivity contribution < 1.29 is 22.0 Å². The van der Waals surface area contributed by atoms with Crippen LogP contribution in [-0.2, 0) is 14.6 Å². The molecule has 0 radical (unpaired) electrons. The Bertz CT molecular complexity index is 567. The number of amides is 1. The third-order valence-electron chi connectivity index (χ3n) is 2.00. The minimum Gasteiger partial charge on any atom is -0.321 e. The van der Waals surface area contributed by atoms with Gasteiger partial charge in [0.05, 0.1) is 10.6 Å². The molecule has 0 saturated heterocycles. The Balaban J connectivity index is 3.20. The predicted molar refractivity (Wildman–Crippen MR) is 63.1 cm³/mol. The molecule has 0 spiro atoms. The van der Waals surface area contributed by atoms with Crippen LogP contribution in [0.4, 0.5) is 14.5 Å². The van der Waals surface area contributed by atoms with Gasteiger partial charge in [-0.3, -0.25) is 4.79 Å². The molecule has 7 heteroatoms. The Morgan fingerprint density at radius 2 is 1.94 bits per heavy atom. The fourth-order valence-electron chi connectivity index (χ4n) is 1.24. The molecule has 0 heterocycles. The lowest BCUT2D eigenvalue weighted by Gasteiger charge is -2.09. The first-order chi connectivity index (χ1) is 8.39. The summed E-state index contributed by atoms with van der Waals surface area (Å²) in [5, 5.41) is 2.23. The van der Waals surface area contributed by atoms with E-state index in [2.05, 4.69) is 5.32 Å². The summed E-state index contributed by atoms with van der Waals surface area (Å²) in [6, 6.07) is 5.01. The molecule has 1 N–H and O–H groups in total. The van der Waals surface area contributed by atoms with Crippen molar-refractivity contribution in [1.82, 2.24) is 0 Å². The van der Waals surface area contributed by atoms with Crippen LogP contribution in [0.15, 0.2) is 41.3 Å². The molecule has 1 amide bonds. The maximum atomic E-state index is 12.4. The average molecular weight is 275 g/mol. The van der Waals surface area contributed by atoms with Gasteiger partial charge in [-0.2, -0.15) is 8.78 Å². The van der Waals surface area contributed by atoms with E-state index in [4.69, 9.17) is 0 Å². The molecule has 1 aromatic rings. The van der Waals surface area contributed by atoms with Crippen LogP contribution in [-0.4, -0.2) is 20.1 Å². The lowest BCUT2D eigenvalue weighted by molar-refractivity contribution is -0.111. The molecular formula is C11H11F2NO3S. The van der Waals surface area contributed by atoms with Crippen LogP contribution in [0, 0.1) is 0 Å². The second-order valence-corrected chi connectivity index (χ2v) is 5.18. The zero-order valence-corrected chi connectivity index (χ0v) is 10.2. The van der Waals surface area contributed by atoms with Gasteiger partial charge in [-0.1, -0.05) is 18.2 Å². The Kier molecular flexibility index (Phi) is 4.55. The Hall–Kier alpha value is -1.76. The fourth-order valence-corrected chi connectivity index (χ4v) is 2.13. The van der Waals surface area contributed by atoms with Gasteiger partial charge < -0.3 is 5.32 Å². The molecule has 0 atom stereocenters. The van der Waals surface area contributed by atoms with Crippen LogP contribution in [0.25, 0.3) is 0 Å². The standard InChI is InChI=1S/C11H11F2NO3S/c1-2-5-10(15)14-8-6-3-4-7-9(8)18(16,17)11(12)13/h2-7,11H,1H3,(H,14,15). The van der Waals surface area contributed by atoms with Gasteiger partial charge >= 0.3 is 5.76 Å². The number of carbonyl (C=O) groups excluding carboxylic acids is 1. The SMILES string of the molecule is CC=CC(=O)Nc1ccccc1S(=O)(=O)C(F)F. The van der Waals surface area contributed by atoms with Crippen molar-refractivity contribution in [2.24, 2.45) is 0 Å². The number of rotatable bonds is 4. The topological polar surface area (TPSA) is 63.2 Å². The number of sulfone groups is 1. The first kappa shape index (κ1) is 14.3. The zero-order chi connectivity index (χ0) is 13.8. The molecule has 0 bridgehead atoms. The molecule has 0 unspecified atom stereocenters. The molecule has 98 valence electrons. The molecule has 0 aliphatic rings. The summed E-state index contributed by atoms with van der Waals surface area (Å²) in [5.41, 5.74) is -0.166. The lowest BCUT2D eigenvalue weighted by Crippen LogP contribution is -2.16. The summed E-state index contributed by atoms with van der Waals surface area (Å²) in [5.74, 6) is -4.12. The van der Waals surface area contributed by atoms with Gasteiger partial charge in [0.25, 0.3) is 0 Å². The number of allylic oxidation sites excluding steroid dienone is 1. The number of carbonyl (C=O) groups is 1. The summed E-state index contributed by atoms with van der Waals surface area (Å²) < 4.78 is 47.6. The summed E-state index contributed by atoms with van der Waals surface area (Å²) in [6.45, 7) is 1.60. The third-order valence-corrected chi connectivity index (χ3v) is 3.44. The highest BCUT2D eigenvalue weighted by Gasteiger charge is 2.29. The number of hydrogen-bond acceptors (Lipinski definition) is 3. The van der Waals surface area contributed by atoms with E-state index in [9.17, 15) is 22.0 Å².